The summed E-state index contributed by atoms with van der Waals surface area (Å²) < 4.78 is 6.27. The fourth-order valence-electron chi connectivity index (χ4n) is 2.90. The van der Waals surface area contributed by atoms with E-state index < -0.39 is 11.9 Å². The molecule has 146 valence electrons. The monoisotopic (exact) mass is 446 g/mol. The lowest BCUT2D eigenvalue weighted by Crippen LogP contribution is -2.25. The van der Waals surface area contributed by atoms with E-state index in [1.807, 2.05) is 25.1 Å². The van der Waals surface area contributed by atoms with E-state index in [2.05, 4.69) is 21.2 Å². The van der Waals surface area contributed by atoms with Crippen molar-refractivity contribution in [3.63, 3.8) is 0 Å². The Labute approximate surface area is 170 Å². The number of aryl methyl sites for hydroxylation is 1. The quantitative estimate of drug-likeness (QED) is 0.709. The van der Waals surface area contributed by atoms with Gasteiger partial charge in [-0.3, -0.25) is 14.4 Å². The smallest absolute Gasteiger partial charge is 0.308 e. The lowest BCUT2D eigenvalue weighted by atomic mass is 10.1. The molecule has 0 saturated carbocycles. The van der Waals surface area contributed by atoms with E-state index in [-0.39, 0.29) is 31.4 Å². The van der Waals surface area contributed by atoms with Crippen molar-refractivity contribution in [1.29, 1.82) is 0 Å². The van der Waals surface area contributed by atoms with Crippen LogP contribution in [0.1, 0.15) is 12.0 Å². The van der Waals surface area contributed by atoms with Crippen LogP contribution in [0, 0.1) is 12.8 Å². The Morgan fingerprint density at radius 2 is 1.96 bits per heavy atom. The molecule has 2 amide bonds. The Bertz CT molecular complexity index is 913. The highest BCUT2D eigenvalue weighted by Gasteiger charge is 2.34. The van der Waals surface area contributed by atoms with Gasteiger partial charge < -0.3 is 20.1 Å². The summed E-state index contributed by atoms with van der Waals surface area (Å²) in [5.41, 5.74) is 2.34. The fraction of sp³-hybridized carbons (Fsp3) is 0.250. The van der Waals surface area contributed by atoms with Crippen molar-refractivity contribution in [2.24, 2.45) is 5.92 Å². The van der Waals surface area contributed by atoms with Crippen LogP contribution in [0.3, 0.4) is 0 Å². The molecule has 0 radical (unpaired) electrons. The van der Waals surface area contributed by atoms with Gasteiger partial charge in [0.2, 0.25) is 5.91 Å². The summed E-state index contributed by atoms with van der Waals surface area (Å²) in [7, 11) is 0. The number of halogens is 1. The molecular weight excluding hydrogens is 428 g/mol. The predicted molar refractivity (Wildman–Crippen MR) is 108 cm³/mol. The fourth-order valence-corrected chi connectivity index (χ4v) is 3.49. The summed E-state index contributed by atoms with van der Waals surface area (Å²) in [5, 5.41) is 11.8. The van der Waals surface area contributed by atoms with Crippen LogP contribution in [-0.4, -0.2) is 36.0 Å². The number of carboxylic acids is 1. The molecule has 1 aliphatic heterocycles. The highest BCUT2D eigenvalue weighted by molar-refractivity contribution is 9.10. The van der Waals surface area contributed by atoms with Crippen LogP contribution in [-0.2, 0) is 14.4 Å². The average Bonchev–Trinajstić information content (AvgIpc) is 3.05. The predicted octanol–water partition coefficient (Wildman–Crippen LogP) is 3.21. The van der Waals surface area contributed by atoms with Crippen molar-refractivity contribution in [3.8, 4) is 5.75 Å². The molecule has 0 bridgehead atoms. The maximum Gasteiger partial charge on any atom is 0.308 e. The number of benzene rings is 2. The number of nitrogens with one attached hydrogen (secondary N) is 1. The summed E-state index contributed by atoms with van der Waals surface area (Å²) >= 11 is 3.41. The van der Waals surface area contributed by atoms with E-state index in [0.29, 0.717) is 17.1 Å². The number of aliphatic carboxylic acids is 1. The van der Waals surface area contributed by atoms with Crippen LogP contribution in [0.5, 0.6) is 5.75 Å². The van der Waals surface area contributed by atoms with E-state index in [0.717, 1.165) is 10.0 Å². The second-order valence-electron chi connectivity index (χ2n) is 6.56. The Kier molecular flexibility index (Phi) is 5.99. The van der Waals surface area contributed by atoms with Gasteiger partial charge in [-0.1, -0.05) is 6.07 Å². The topological polar surface area (TPSA) is 95.9 Å². The largest absolute Gasteiger partial charge is 0.484 e. The number of carbonyl (C=O) groups excluding carboxylic acids is 2. The number of ether oxygens (including phenoxy) is 1. The lowest BCUT2D eigenvalue weighted by molar-refractivity contribution is -0.141. The van der Waals surface area contributed by atoms with Crippen LogP contribution in [0.15, 0.2) is 46.9 Å². The number of carboxylic acid groups (broad SMARTS) is 1. The summed E-state index contributed by atoms with van der Waals surface area (Å²) in [5.74, 6) is -1.70. The molecule has 0 aliphatic carbocycles. The van der Waals surface area contributed by atoms with E-state index >= 15 is 0 Å². The minimum atomic E-state index is -0.970. The minimum Gasteiger partial charge on any atom is -0.484 e. The van der Waals surface area contributed by atoms with Gasteiger partial charge in [-0.15, -0.1) is 0 Å². The van der Waals surface area contributed by atoms with Gasteiger partial charge in [0.25, 0.3) is 5.91 Å². The molecule has 1 saturated heterocycles. The molecule has 28 heavy (non-hydrogen) atoms. The normalized spacial score (nSPS) is 16.1. The number of anilines is 2. The first kappa shape index (κ1) is 19.9. The van der Waals surface area contributed by atoms with E-state index in [1.165, 1.54) is 4.90 Å². The van der Waals surface area contributed by atoms with E-state index in [4.69, 9.17) is 9.84 Å². The SMILES string of the molecule is Cc1ccc(NC(=O)COc2ccc(N3CC(C(=O)O)CC3=O)cc2)c(Br)c1. The molecule has 1 fully saturated rings. The lowest BCUT2D eigenvalue weighted by Gasteiger charge is -2.16. The Morgan fingerprint density at radius 1 is 1.25 bits per heavy atom. The zero-order valence-corrected chi connectivity index (χ0v) is 16.7. The maximum absolute atomic E-state index is 12.1. The number of rotatable bonds is 6. The number of hydrogen-bond donors (Lipinski definition) is 2. The zero-order chi connectivity index (χ0) is 20.3. The number of hydrogen-bond acceptors (Lipinski definition) is 4. The molecule has 1 atom stereocenters. The highest BCUT2D eigenvalue weighted by Crippen LogP contribution is 2.27. The molecule has 8 heteroatoms. The second kappa shape index (κ2) is 8.43. The number of carbonyl (C=O) groups is 3. The van der Waals surface area contributed by atoms with Crippen molar-refractivity contribution >= 4 is 45.1 Å². The van der Waals surface area contributed by atoms with Gasteiger partial charge in [0.05, 0.1) is 11.6 Å². The highest BCUT2D eigenvalue weighted by atomic mass is 79.9. The molecule has 2 N–H and O–H groups in total. The van der Waals surface area contributed by atoms with E-state index in [9.17, 15) is 14.4 Å². The molecular formula is C20H19BrN2O5. The average molecular weight is 447 g/mol. The minimum absolute atomic E-state index is 0.00231. The Hall–Kier alpha value is -2.87. The van der Waals surface area contributed by atoms with Crippen LogP contribution >= 0.6 is 15.9 Å². The maximum atomic E-state index is 12.1. The summed E-state index contributed by atoms with van der Waals surface area (Å²) in [6.07, 6.45) is 0.00231. The molecule has 7 nitrogen and oxygen atoms in total. The molecule has 2 aromatic rings. The third-order valence-electron chi connectivity index (χ3n) is 4.39. The van der Waals surface area contributed by atoms with Crippen LogP contribution in [0.25, 0.3) is 0 Å². The van der Waals surface area contributed by atoms with Gasteiger partial charge in [0.15, 0.2) is 6.61 Å². The molecule has 3 rings (SSSR count). The Balaban J connectivity index is 1.55. The third-order valence-corrected chi connectivity index (χ3v) is 5.05. The summed E-state index contributed by atoms with van der Waals surface area (Å²) in [6, 6.07) is 12.2. The second-order valence-corrected chi connectivity index (χ2v) is 7.41. The van der Waals surface area contributed by atoms with Gasteiger partial charge in [0.1, 0.15) is 5.75 Å². The van der Waals surface area contributed by atoms with Gasteiger partial charge in [0, 0.05) is 23.1 Å². The zero-order valence-electron chi connectivity index (χ0n) is 15.1. The number of amides is 2. The van der Waals surface area contributed by atoms with Crippen molar-refractivity contribution in [3.05, 3.63) is 52.5 Å². The van der Waals surface area contributed by atoms with Crippen molar-refractivity contribution < 1.29 is 24.2 Å². The molecule has 1 aliphatic rings. The van der Waals surface area contributed by atoms with Crippen LogP contribution in [0.4, 0.5) is 11.4 Å². The third kappa shape index (κ3) is 4.69. The van der Waals surface area contributed by atoms with Gasteiger partial charge in [-0.05, 0) is 64.8 Å². The molecule has 1 unspecified atom stereocenters. The van der Waals surface area contributed by atoms with Crippen molar-refractivity contribution in [1.82, 2.24) is 0 Å². The first-order chi connectivity index (χ1) is 13.3. The van der Waals surface area contributed by atoms with Crippen LogP contribution < -0.4 is 15.0 Å². The molecule has 0 aromatic heterocycles. The standard InChI is InChI=1S/C20H19BrN2O5/c1-12-2-7-17(16(21)8-12)22-18(24)11-28-15-5-3-14(4-6-15)23-10-13(20(26)27)9-19(23)25/h2-8,13H,9-11H2,1H3,(H,22,24)(H,26,27). The Morgan fingerprint density at radius 3 is 2.57 bits per heavy atom. The van der Waals surface area contributed by atoms with Gasteiger partial charge in [-0.2, -0.15) is 0 Å². The molecule has 0 spiro atoms. The van der Waals surface area contributed by atoms with E-state index in [1.54, 1.807) is 24.3 Å². The van der Waals surface area contributed by atoms with Crippen LogP contribution in [0.2, 0.25) is 0 Å². The number of nitrogens with zero attached hydrogens (tertiary/aromatic N) is 1. The van der Waals surface area contributed by atoms with Crippen molar-refractivity contribution in [2.45, 2.75) is 13.3 Å². The van der Waals surface area contributed by atoms with Gasteiger partial charge >= 0.3 is 5.97 Å². The first-order valence-corrected chi connectivity index (χ1v) is 9.45. The summed E-state index contributed by atoms with van der Waals surface area (Å²) in [4.78, 5) is 36.6. The molecule has 1 heterocycles. The van der Waals surface area contributed by atoms with Gasteiger partial charge in [-0.25, -0.2) is 0 Å². The first-order valence-electron chi connectivity index (χ1n) is 8.65. The molecule has 2 aromatic carbocycles. The van der Waals surface area contributed by atoms with Crippen molar-refractivity contribution in [2.75, 3.05) is 23.4 Å². The summed E-state index contributed by atoms with van der Waals surface area (Å²) in [6.45, 7) is 1.95.